The number of fused-ring (bicyclic) bond motifs is 1. The molecule has 1 aromatic rings. The summed E-state index contributed by atoms with van der Waals surface area (Å²) in [6.45, 7) is 2.59. The summed E-state index contributed by atoms with van der Waals surface area (Å²) in [7, 11) is 0. The summed E-state index contributed by atoms with van der Waals surface area (Å²) in [4.78, 5) is 32.0. The lowest BCUT2D eigenvalue weighted by molar-refractivity contribution is -0.136. The molecule has 178 valence electrons. The van der Waals surface area contributed by atoms with Gasteiger partial charge in [0, 0.05) is 38.7 Å². The molecule has 2 aliphatic heterocycles. The number of carbonyl (C=O) groups excluding carboxylic acids is 2. The van der Waals surface area contributed by atoms with Gasteiger partial charge >= 0.3 is 5.97 Å². The van der Waals surface area contributed by atoms with Gasteiger partial charge in [-0.1, -0.05) is 35.0 Å². The SMILES string of the molecule is O=C1OCC/C=C/CC/C=C/C(=N/OCC(=O)N2CCNCC2)Cc2c(Cl)c(O)cc(O)c21. The van der Waals surface area contributed by atoms with Gasteiger partial charge in [-0.05, 0) is 30.9 Å². The number of hydrogen-bond donors (Lipinski definition) is 3. The molecule has 2 aliphatic rings. The first-order valence-electron chi connectivity index (χ1n) is 10.9. The number of halogens is 1. The fourth-order valence-electron chi connectivity index (χ4n) is 3.50. The average molecular weight is 478 g/mol. The number of rotatable bonds is 3. The van der Waals surface area contributed by atoms with E-state index in [2.05, 4.69) is 10.5 Å². The molecule has 33 heavy (non-hydrogen) atoms. The molecule has 0 atom stereocenters. The number of piperazine rings is 1. The van der Waals surface area contributed by atoms with Gasteiger partial charge in [-0.2, -0.15) is 0 Å². The lowest BCUT2D eigenvalue weighted by atomic mass is 9.99. The quantitative estimate of drug-likeness (QED) is 0.347. The van der Waals surface area contributed by atoms with Gasteiger partial charge in [0.25, 0.3) is 5.91 Å². The van der Waals surface area contributed by atoms with E-state index in [1.807, 2.05) is 18.2 Å². The van der Waals surface area contributed by atoms with Crippen LogP contribution in [-0.4, -0.2) is 72.1 Å². The number of benzene rings is 1. The molecule has 0 unspecified atom stereocenters. The molecule has 3 rings (SSSR count). The Morgan fingerprint density at radius 2 is 1.88 bits per heavy atom. The minimum absolute atomic E-state index is 0.0284. The van der Waals surface area contributed by atoms with Crippen LogP contribution in [0.5, 0.6) is 11.5 Å². The highest BCUT2D eigenvalue weighted by Gasteiger charge is 2.24. The van der Waals surface area contributed by atoms with Crippen molar-refractivity contribution in [3.8, 4) is 11.5 Å². The van der Waals surface area contributed by atoms with Crippen LogP contribution in [-0.2, 0) is 20.8 Å². The second kappa shape index (κ2) is 12.3. The van der Waals surface area contributed by atoms with Crippen LogP contribution in [0.15, 0.2) is 35.5 Å². The monoisotopic (exact) mass is 477 g/mol. The Morgan fingerprint density at radius 1 is 1.15 bits per heavy atom. The molecule has 1 fully saturated rings. The van der Waals surface area contributed by atoms with Gasteiger partial charge in [0.1, 0.15) is 17.1 Å². The predicted molar refractivity (Wildman–Crippen MR) is 124 cm³/mol. The highest BCUT2D eigenvalue weighted by atomic mass is 35.5. The van der Waals surface area contributed by atoms with Crippen LogP contribution >= 0.6 is 11.6 Å². The molecule has 0 spiro atoms. The minimum Gasteiger partial charge on any atom is -0.507 e. The van der Waals surface area contributed by atoms with Crippen LogP contribution in [0, 0.1) is 0 Å². The van der Waals surface area contributed by atoms with Crippen molar-refractivity contribution in [3.63, 3.8) is 0 Å². The predicted octanol–water partition coefficient (Wildman–Crippen LogP) is 2.55. The molecular weight excluding hydrogens is 450 g/mol. The van der Waals surface area contributed by atoms with Crippen LogP contribution in [0.2, 0.25) is 5.02 Å². The zero-order chi connectivity index (χ0) is 23.6. The smallest absolute Gasteiger partial charge is 0.342 e. The molecule has 2 heterocycles. The normalized spacial score (nSPS) is 20.9. The molecule has 1 aromatic carbocycles. The third-order valence-corrected chi connectivity index (χ3v) is 5.64. The largest absolute Gasteiger partial charge is 0.507 e. The number of allylic oxidation sites excluding steroid dienone is 3. The number of phenolic OH excluding ortho intramolecular Hbond substituents is 2. The number of phenols is 2. The number of carbonyl (C=O) groups is 2. The molecule has 9 nitrogen and oxygen atoms in total. The van der Waals surface area contributed by atoms with E-state index in [1.165, 1.54) is 0 Å². The molecule has 0 aromatic heterocycles. The van der Waals surface area contributed by atoms with E-state index in [1.54, 1.807) is 11.0 Å². The Kier molecular flexibility index (Phi) is 9.14. The molecule has 0 bridgehead atoms. The van der Waals surface area contributed by atoms with E-state index in [9.17, 15) is 19.8 Å². The van der Waals surface area contributed by atoms with Gasteiger partial charge in [0.15, 0.2) is 6.61 Å². The van der Waals surface area contributed by atoms with Crippen molar-refractivity contribution >= 4 is 29.2 Å². The first kappa shape index (κ1) is 24.6. The van der Waals surface area contributed by atoms with Crippen molar-refractivity contribution in [2.24, 2.45) is 5.16 Å². The number of oxime groups is 1. The second-order valence-corrected chi connectivity index (χ2v) is 8.00. The number of amides is 1. The summed E-state index contributed by atoms with van der Waals surface area (Å²) in [5, 5.41) is 27.6. The van der Waals surface area contributed by atoms with Gasteiger partial charge in [-0.25, -0.2) is 4.79 Å². The van der Waals surface area contributed by atoms with E-state index in [0.29, 0.717) is 25.2 Å². The number of hydrogen-bond acceptors (Lipinski definition) is 8. The Bertz CT molecular complexity index is 954. The zero-order valence-electron chi connectivity index (χ0n) is 18.3. The Labute approximate surface area is 197 Å². The molecule has 0 saturated carbocycles. The molecule has 1 amide bonds. The first-order chi connectivity index (χ1) is 16.0. The summed E-state index contributed by atoms with van der Waals surface area (Å²) in [5.74, 6) is -1.75. The van der Waals surface area contributed by atoms with Crippen molar-refractivity contribution in [1.29, 1.82) is 0 Å². The molecule has 0 radical (unpaired) electrons. The molecule has 3 N–H and O–H groups in total. The second-order valence-electron chi connectivity index (χ2n) is 7.62. The van der Waals surface area contributed by atoms with Gasteiger partial charge < -0.3 is 30.0 Å². The van der Waals surface area contributed by atoms with E-state index < -0.39 is 11.7 Å². The van der Waals surface area contributed by atoms with Gasteiger partial charge in [0.05, 0.1) is 17.3 Å². The van der Waals surface area contributed by atoms with Crippen LogP contribution in [0.25, 0.3) is 0 Å². The number of aromatic hydroxyl groups is 2. The molecule has 10 heteroatoms. The maximum Gasteiger partial charge on any atom is 0.342 e. The maximum atomic E-state index is 12.7. The number of nitrogens with one attached hydrogen (secondary N) is 1. The number of esters is 1. The van der Waals surface area contributed by atoms with Crippen LogP contribution in [0.1, 0.15) is 35.2 Å². The van der Waals surface area contributed by atoms with Crippen molar-refractivity contribution in [1.82, 2.24) is 10.2 Å². The highest BCUT2D eigenvalue weighted by molar-refractivity contribution is 6.33. The summed E-state index contributed by atoms with van der Waals surface area (Å²) in [6.07, 6.45) is 9.55. The third-order valence-electron chi connectivity index (χ3n) is 5.22. The third kappa shape index (κ3) is 6.97. The lowest BCUT2D eigenvalue weighted by Crippen LogP contribution is -2.47. The van der Waals surface area contributed by atoms with Gasteiger partial charge in [-0.15, -0.1) is 0 Å². The van der Waals surface area contributed by atoms with Crippen molar-refractivity contribution < 1.29 is 29.4 Å². The van der Waals surface area contributed by atoms with Gasteiger partial charge in [0.2, 0.25) is 0 Å². The minimum atomic E-state index is -0.756. The van der Waals surface area contributed by atoms with Crippen molar-refractivity contribution in [2.75, 3.05) is 39.4 Å². The number of cyclic esters (lactones) is 1. The Balaban J connectivity index is 1.86. The zero-order valence-corrected chi connectivity index (χ0v) is 19.0. The summed E-state index contributed by atoms with van der Waals surface area (Å²) in [5.41, 5.74) is 0.383. The van der Waals surface area contributed by atoms with Crippen molar-refractivity contribution in [3.05, 3.63) is 46.5 Å². The van der Waals surface area contributed by atoms with Crippen molar-refractivity contribution in [2.45, 2.75) is 25.7 Å². The Hall–Kier alpha value is -3.04. The van der Waals surface area contributed by atoms with E-state index in [4.69, 9.17) is 21.2 Å². The van der Waals surface area contributed by atoms with E-state index in [0.717, 1.165) is 32.0 Å². The van der Waals surface area contributed by atoms with Crippen LogP contribution < -0.4 is 5.32 Å². The van der Waals surface area contributed by atoms with E-state index in [-0.39, 0.29) is 47.4 Å². The summed E-state index contributed by atoms with van der Waals surface area (Å²) < 4.78 is 5.27. The lowest BCUT2D eigenvalue weighted by Gasteiger charge is -2.26. The number of ether oxygens (including phenoxy) is 1. The Morgan fingerprint density at radius 3 is 2.67 bits per heavy atom. The first-order valence-corrected chi connectivity index (χ1v) is 11.2. The van der Waals surface area contributed by atoms with Crippen LogP contribution in [0.3, 0.4) is 0 Å². The standard InChI is InChI=1S/C23H28ClN3O6/c24-22-17-13-16(26-33-15-20(30)27-10-8-25-9-11-27)7-5-3-1-2-4-6-12-32-23(31)21(17)18(28)14-19(22)29/h2,4-5,7,14,25,28-29H,1,3,6,8-13,15H2/b4-2+,7-5+,26-16-. The average Bonchev–Trinajstić information content (AvgIpc) is 2.80. The van der Waals surface area contributed by atoms with E-state index >= 15 is 0 Å². The number of nitrogens with zero attached hydrogens (tertiary/aromatic N) is 2. The molecular formula is C23H28ClN3O6. The summed E-state index contributed by atoms with van der Waals surface area (Å²) in [6, 6.07) is 1.00. The fourth-order valence-corrected chi connectivity index (χ4v) is 3.71. The van der Waals surface area contributed by atoms with Crippen LogP contribution in [0.4, 0.5) is 0 Å². The molecule has 0 aliphatic carbocycles. The maximum absolute atomic E-state index is 12.7. The fraction of sp³-hybridized carbons (Fsp3) is 0.435. The summed E-state index contributed by atoms with van der Waals surface area (Å²) >= 11 is 6.28. The van der Waals surface area contributed by atoms with Gasteiger partial charge in [-0.3, -0.25) is 4.79 Å². The topological polar surface area (TPSA) is 121 Å². The molecule has 1 saturated heterocycles. The highest BCUT2D eigenvalue weighted by Crippen LogP contribution is 2.37.